The Labute approximate surface area is 87.0 Å². The molecule has 5 nitrogen and oxygen atoms in total. The molecule has 0 unspecified atom stereocenters. The van der Waals surface area contributed by atoms with E-state index in [1.807, 2.05) is 18.3 Å². The first-order valence-electron chi connectivity index (χ1n) is 5.06. The van der Waals surface area contributed by atoms with Crippen LogP contribution in [0.15, 0.2) is 24.5 Å². The highest BCUT2D eigenvalue weighted by atomic mass is 16.3. The number of rotatable bonds is 1. The Balaban J connectivity index is 1.97. The maximum atomic E-state index is 9.45. The molecule has 15 heavy (non-hydrogen) atoms. The average Bonchev–Trinajstić information content (AvgIpc) is 2.84. The van der Waals surface area contributed by atoms with Crippen LogP contribution in [0.25, 0.3) is 5.65 Å². The smallest absolute Gasteiger partial charge is 0.157 e. The molecule has 0 saturated carbocycles. The van der Waals surface area contributed by atoms with Crippen LogP contribution in [0, 0.1) is 0 Å². The van der Waals surface area contributed by atoms with Crippen LogP contribution in [0.4, 0.5) is 5.82 Å². The Morgan fingerprint density at radius 2 is 2.33 bits per heavy atom. The zero-order chi connectivity index (χ0) is 10.3. The lowest BCUT2D eigenvalue weighted by Gasteiger charge is -2.16. The summed E-state index contributed by atoms with van der Waals surface area (Å²) < 4.78 is 1.73. The summed E-state index contributed by atoms with van der Waals surface area (Å²) in [6.07, 6.45) is 4.23. The summed E-state index contributed by atoms with van der Waals surface area (Å²) in [6, 6.07) is 3.80. The normalized spacial score (nSPS) is 21.4. The number of β-amino-alcohol motifs (C(OH)–C–C–N with tert-alkyl or cyclic N) is 1. The van der Waals surface area contributed by atoms with Gasteiger partial charge in [0.05, 0.1) is 12.3 Å². The van der Waals surface area contributed by atoms with E-state index in [9.17, 15) is 5.11 Å². The number of anilines is 1. The number of aliphatic hydroxyl groups excluding tert-OH is 1. The van der Waals surface area contributed by atoms with Crippen LogP contribution in [-0.4, -0.2) is 38.9 Å². The number of hydrogen-bond acceptors (Lipinski definition) is 4. The van der Waals surface area contributed by atoms with E-state index in [2.05, 4.69) is 15.0 Å². The van der Waals surface area contributed by atoms with Crippen molar-refractivity contribution in [3.05, 3.63) is 24.5 Å². The van der Waals surface area contributed by atoms with Crippen LogP contribution in [-0.2, 0) is 0 Å². The Bertz CT molecular complexity index is 481. The first-order valence-corrected chi connectivity index (χ1v) is 5.06. The highest BCUT2D eigenvalue weighted by molar-refractivity contribution is 5.47. The summed E-state index contributed by atoms with van der Waals surface area (Å²) in [5.41, 5.74) is 0.842. The molecule has 2 aromatic rings. The quantitative estimate of drug-likeness (QED) is 0.726. The largest absolute Gasteiger partial charge is 0.391 e. The van der Waals surface area contributed by atoms with Gasteiger partial charge in [-0.05, 0) is 12.5 Å². The Hall–Kier alpha value is -1.62. The van der Waals surface area contributed by atoms with Gasteiger partial charge in [0.25, 0.3) is 0 Å². The molecule has 0 spiro atoms. The molecule has 0 aromatic carbocycles. The molecular formula is C10H12N4O. The molecule has 2 aromatic heterocycles. The monoisotopic (exact) mass is 204 g/mol. The molecule has 3 rings (SSSR count). The van der Waals surface area contributed by atoms with Crippen molar-refractivity contribution in [3.63, 3.8) is 0 Å². The van der Waals surface area contributed by atoms with Gasteiger partial charge in [0.2, 0.25) is 0 Å². The third-order valence-electron chi connectivity index (χ3n) is 2.73. The molecule has 1 aliphatic heterocycles. The zero-order valence-corrected chi connectivity index (χ0v) is 8.24. The molecule has 0 aliphatic carbocycles. The summed E-state index contributed by atoms with van der Waals surface area (Å²) in [5, 5.41) is 13.5. The molecule has 0 amide bonds. The second kappa shape index (κ2) is 3.20. The van der Waals surface area contributed by atoms with E-state index in [4.69, 9.17) is 0 Å². The second-order valence-electron chi connectivity index (χ2n) is 3.81. The molecule has 1 saturated heterocycles. The Morgan fingerprint density at radius 3 is 3.13 bits per heavy atom. The summed E-state index contributed by atoms with van der Waals surface area (Å²) in [7, 11) is 0. The Morgan fingerprint density at radius 1 is 1.40 bits per heavy atom. The van der Waals surface area contributed by atoms with Gasteiger partial charge in [0.1, 0.15) is 5.82 Å². The lowest BCUT2D eigenvalue weighted by Crippen LogP contribution is -2.22. The molecule has 1 N–H and O–H groups in total. The standard InChI is InChI=1S/C10H12N4O/c15-8-2-5-13(7-8)9-3-6-14-10(12-9)1-4-11-14/h1,3-4,6,8,15H,2,5,7H2/t8-/m1/s1. The maximum Gasteiger partial charge on any atom is 0.157 e. The van der Waals surface area contributed by atoms with E-state index in [-0.39, 0.29) is 6.10 Å². The van der Waals surface area contributed by atoms with Gasteiger partial charge in [0.15, 0.2) is 5.65 Å². The van der Waals surface area contributed by atoms with Crippen LogP contribution < -0.4 is 4.90 Å². The SMILES string of the molecule is O[C@@H]1CCN(c2ccn3nccc3n2)C1. The fourth-order valence-electron chi connectivity index (χ4n) is 1.93. The zero-order valence-electron chi connectivity index (χ0n) is 8.24. The fourth-order valence-corrected chi connectivity index (χ4v) is 1.93. The van der Waals surface area contributed by atoms with Crippen molar-refractivity contribution in [2.24, 2.45) is 0 Å². The van der Waals surface area contributed by atoms with E-state index in [1.54, 1.807) is 10.7 Å². The van der Waals surface area contributed by atoms with Crippen LogP contribution in [0.5, 0.6) is 0 Å². The third-order valence-corrected chi connectivity index (χ3v) is 2.73. The number of hydrogen-bond donors (Lipinski definition) is 1. The predicted octanol–water partition coefficient (Wildman–Crippen LogP) is 0.300. The van der Waals surface area contributed by atoms with Crippen LogP contribution in [0.2, 0.25) is 0 Å². The average molecular weight is 204 g/mol. The molecule has 1 aliphatic rings. The summed E-state index contributed by atoms with van der Waals surface area (Å²) in [4.78, 5) is 6.56. The van der Waals surface area contributed by atoms with Crippen molar-refractivity contribution < 1.29 is 5.11 Å². The molecule has 0 radical (unpaired) electrons. The van der Waals surface area contributed by atoms with Crippen molar-refractivity contribution in [1.29, 1.82) is 0 Å². The topological polar surface area (TPSA) is 53.7 Å². The van der Waals surface area contributed by atoms with E-state index < -0.39 is 0 Å². The second-order valence-corrected chi connectivity index (χ2v) is 3.81. The van der Waals surface area contributed by atoms with Crippen molar-refractivity contribution in [2.75, 3.05) is 18.0 Å². The van der Waals surface area contributed by atoms with Gasteiger partial charge >= 0.3 is 0 Å². The highest BCUT2D eigenvalue weighted by Crippen LogP contribution is 2.18. The van der Waals surface area contributed by atoms with Gasteiger partial charge in [-0.25, -0.2) is 9.50 Å². The van der Waals surface area contributed by atoms with Gasteiger partial charge in [-0.3, -0.25) is 0 Å². The summed E-state index contributed by atoms with van der Waals surface area (Å²) in [6.45, 7) is 1.55. The fraction of sp³-hybridized carbons (Fsp3) is 0.400. The van der Waals surface area contributed by atoms with Crippen molar-refractivity contribution in [1.82, 2.24) is 14.6 Å². The Kier molecular flexibility index (Phi) is 1.85. The minimum atomic E-state index is -0.215. The minimum absolute atomic E-state index is 0.215. The third kappa shape index (κ3) is 1.45. The van der Waals surface area contributed by atoms with Crippen molar-refractivity contribution >= 4 is 11.5 Å². The summed E-state index contributed by atoms with van der Waals surface area (Å²) >= 11 is 0. The molecule has 3 heterocycles. The predicted molar refractivity (Wildman–Crippen MR) is 55.8 cm³/mol. The van der Waals surface area contributed by atoms with E-state index in [0.717, 1.165) is 24.4 Å². The number of nitrogens with zero attached hydrogens (tertiary/aromatic N) is 4. The van der Waals surface area contributed by atoms with Crippen molar-refractivity contribution in [2.45, 2.75) is 12.5 Å². The molecular weight excluding hydrogens is 192 g/mol. The maximum absolute atomic E-state index is 9.45. The van der Waals surface area contributed by atoms with Gasteiger partial charge in [-0.15, -0.1) is 0 Å². The number of fused-ring (bicyclic) bond motifs is 1. The molecule has 78 valence electrons. The van der Waals surface area contributed by atoms with E-state index in [0.29, 0.717) is 6.54 Å². The van der Waals surface area contributed by atoms with Crippen molar-refractivity contribution in [3.8, 4) is 0 Å². The summed E-state index contributed by atoms with van der Waals surface area (Å²) in [5.74, 6) is 0.916. The molecule has 5 heteroatoms. The van der Waals surface area contributed by atoms with Gasteiger partial charge < -0.3 is 10.0 Å². The van der Waals surface area contributed by atoms with E-state index in [1.165, 1.54) is 0 Å². The lowest BCUT2D eigenvalue weighted by atomic mass is 10.3. The molecule has 0 bridgehead atoms. The van der Waals surface area contributed by atoms with Crippen LogP contribution >= 0.6 is 0 Å². The van der Waals surface area contributed by atoms with Crippen LogP contribution in [0.1, 0.15) is 6.42 Å². The van der Waals surface area contributed by atoms with Gasteiger partial charge in [-0.1, -0.05) is 0 Å². The van der Waals surface area contributed by atoms with Crippen LogP contribution in [0.3, 0.4) is 0 Å². The van der Waals surface area contributed by atoms with E-state index >= 15 is 0 Å². The minimum Gasteiger partial charge on any atom is -0.391 e. The van der Waals surface area contributed by atoms with Gasteiger partial charge in [-0.2, -0.15) is 5.10 Å². The lowest BCUT2D eigenvalue weighted by molar-refractivity contribution is 0.198. The van der Waals surface area contributed by atoms with Gasteiger partial charge in [0, 0.05) is 25.4 Å². The number of aliphatic hydroxyl groups is 1. The molecule has 1 fully saturated rings. The highest BCUT2D eigenvalue weighted by Gasteiger charge is 2.21. The molecule has 1 atom stereocenters. The first kappa shape index (κ1) is 8.67. The first-order chi connectivity index (χ1) is 7.33. The number of aromatic nitrogens is 3.